The summed E-state index contributed by atoms with van der Waals surface area (Å²) in [6.45, 7) is 2.04. The number of phenols is 1. The van der Waals surface area contributed by atoms with Crippen LogP contribution in [0.3, 0.4) is 0 Å². The first-order valence-electron chi connectivity index (χ1n) is 5.04. The molecule has 0 aromatic heterocycles. The first kappa shape index (κ1) is 14.5. The van der Waals surface area contributed by atoms with E-state index in [4.69, 9.17) is 22.1 Å². The molecule has 1 aromatic carbocycles. The maximum atomic E-state index is 11.3. The minimum atomic E-state index is -0.624. The van der Waals surface area contributed by atoms with E-state index in [1.54, 1.807) is 19.1 Å². The molecule has 0 spiro atoms. The van der Waals surface area contributed by atoms with Crippen molar-refractivity contribution in [1.82, 2.24) is 0 Å². The van der Waals surface area contributed by atoms with E-state index < -0.39 is 12.0 Å². The van der Waals surface area contributed by atoms with Gasteiger partial charge in [0.05, 0.1) is 16.6 Å². The molecule has 1 aromatic rings. The monoisotopic (exact) mass is 369 g/mol. The van der Waals surface area contributed by atoms with Crippen LogP contribution in [0.4, 0.5) is 0 Å². The molecule has 1 rings (SSSR count). The van der Waals surface area contributed by atoms with E-state index in [2.05, 4.69) is 0 Å². The van der Waals surface area contributed by atoms with Gasteiger partial charge in [0, 0.05) is 16.6 Å². The third-order valence-electron chi connectivity index (χ3n) is 2.15. The second kappa shape index (κ2) is 6.42. The topological polar surface area (TPSA) is 72.5 Å². The molecule has 94 valence electrons. The summed E-state index contributed by atoms with van der Waals surface area (Å²) in [7, 11) is 0. The Hall–Kier alpha value is -0.530. The smallest absolute Gasteiger partial charge is 0.307 e. The predicted octanol–water partition coefficient (Wildman–Crippen LogP) is 2.60. The van der Waals surface area contributed by atoms with E-state index in [0.29, 0.717) is 20.8 Å². The molecule has 0 saturated heterocycles. The lowest BCUT2D eigenvalue weighted by Crippen LogP contribution is -2.17. The number of benzene rings is 1. The molecule has 4 nitrogen and oxygen atoms in total. The third kappa shape index (κ3) is 4.01. The predicted molar refractivity (Wildman–Crippen MR) is 74.0 cm³/mol. The van der Waals surface area contributed by atoms with Gasteiger partial charge in [-0.15, -0.1) is 0 Å². The van der Waals surface area contributed by atoms with Gasteiger partial charge in [0.1, 0.15) is 5.75 Å². The van der Waals surface area contributed by atoms with Gasteiger partial charge in [-0.3, -0.25) is 4.79 Å². The van der Waals surface area contributed by atoms with Gasteiger partial charge in [0.2, 0.25) is 0 Å². The number of aromatic hydroxyl groups is 1. The van der Waals surface area contributed by atoms with Gasteiger partial charge >= 0.3 is 5.97 Å². The van der Waals surface area contributed by atoms with Crippen molar-refractivity contribution in [3.05, 3.63) is 26.3 Å². The Morgan fingerprint density at radius 2 is 2.29 bits per heavy atom. The summed E-state index contributed by atoms with van der Waals surface area (Å²) in [6, 6.07) is 2.56. The molecular formula is C11H13ClINO3. The second-order valence-corrected chi connectivity index (χ2v) is 5.04. The number of nitrogens with two attached hydrogens (primary N) is 1. The Balaban J connectivity index is 2.88. The van der Waals surface area contributed by atoms with E-state index in [-0.39, 0.29) is 12.2 Å². The van der Waals surface area contributed by atoms with Crippen molar-refractivity contribution in [1.29, 1.82) is 0 Å². The highest BCUT2D eigenvalue weighted by atomic mass is 127. The van der Waals surface area contributed by atoms with Gasteiger partial charge < -0.3 is 15.6 Å². The van der Waals surface area contributed by atoms with E-state index >= 15 is 0 Å². The Morgan fingerprint density at radius 1 is 1.65 bits per heavy atom. The Labute approximate surface area is 118 Å². The van der Waals surface area contributed by atoms with Crippen LogP contribution in [0, 0.1) is 3.57 Å². The van der Waals surface area contributed by atoms with Crippen molar-refractivity contribution in [2.45, 2.75) is 19.4 Å². The summed E-state index contributed by atoms with van der Waals surface area (Å²) in [5.41, 5.74) is 6.30. The van der Waals surface area contributed by atoms with Gasteiger partial charge in [-0.2, -0.15) is 0 Å². The molecule has 0 fully saturated rings. The van der Waals surface area contributed by atoms with E-state index in [0.717, 1.165) is 0 Å². The molecule has 0 heterocycles. The van der Waals surface area contributed by atoms with Gasteiger partial charge in [0.25, 0.3) is 0 Å². The third-order valence-corrected chi connectivity index (χ3v) is 3.19. The molecule has 6 heteroatoms. The lowest BCUT2D eigenvalue weighted by molar-refractivity contribution is -0.143. The standard InChI is InChI=1S/C11H13ClINO3/c1-2-17-10(15)5-9(14)7-3-6(12)4-8(13)11(7)16/h3-4,9,16H,2,5,14H2,1H3/t9-/m1/s1. The molecule has 1 atom stereocenters. The number of carbonyl (C=O) groups is 1. The zero-order valence-electron chi connectivity index (χ0n) is 9.24. The lowest BCUT2D eigenvalue weighted by Gasteiger charge is -2.14. The summed E-state index contributed by atoms with van der Waals surface area (Å²) in [5.74, 6) is -0.332. The highest BCUT2D eigenvalue weighted by molar-refractivity contribution is 14.1. The van der Waals surface area contributed by atoms with Crippen LogP contribution in [0.25, 0.3) is 0 Å². The van der Waals surface area contributed by atoms with Crippen molar-refractivity contribution in [3.63, 3.8) is 0 Å². The lowest BCUT2D eigenvalue weighted by atomic mass is 10.0. The van der Waals surface area contributed by atoms with Crippen molar-refractivity contribution in [2.24, 2.45) is 5.73 Å². The normalized spacial score (nSPS) is 12.2. The molecule has 0 radical (unpaired) electrons. The van der Waals surface area contributed by atoms with Crippen molar-refractivity contribution < 1.29 is 14.6 Å². The Bertz CT molecular complexity index is 425. The number of hydrogen-bond donors (Lipinski definition) is 2. The molecule has 0 unspecified atom stereocenters. The maximum absolute atomic E-state index is 11.3. The van der Waals surface area contributed by atoms with E-state index in [1.807, 2.05) is 22.6 Å². The van der Waals surface area contributed by atoms with Crippen molar-refractivity contribution >= 4 is 40.2 Å². The first-order valence-corrected chi connectivity index (χ1v) is 6.50. The molecule has 0 aliphatic rings. The number of hydrogen-bond acceptors (Lipinski definition) is 4. The average Bonchev–Trinajstić information content (AvgIpc) is 2.23. The van der Waals surface area contributed by atoms with Gasteiger partial charge in [0.15, 0.2) is 0 Å². The number of rotatable bonds is 4. The van der Waals surface area contributed by atoms with Gasteiger partial charge in [-0.25, -0.2) is 0 Å². The fourth-order valence-electron chi connectivity index (χ4n) is 1.38. The quantitative estimate of drug-likeness (QED) is 0.632. The van der Waals surface area contributed by atoms with Gasteiger partial charge in [-0.1, -0.05) is 11.6 Å². The molecule has 0 aliphatic heterocycles. The van der Waals surface area contributed by atoms with Crippen LogP contribution >= 0.6 is 34.2 Å². The van der Waals surface area contributed by atoms with E-state index in [9.17, 15) is 9.90 Å². The molecular weight excluding hydrogens is 356 g/mol. The molecule has 3 N–H and O–H groups in total. The Kier molecular flexibility index (Phi) is 5.48. The van der Waals surface area contributed by atoms with Crippen LogP contribution in [-0.4, -0.2) is 17.7 Å². The van der Waals surface area contributed by atoms with Crippen LogP contribution in [0.15, 0.2) is 12.1 Å². The SMILES string of the molecule is CCOC(=O)C[C@@H](N)c1cc(Cl)cc(I)c1O. The maximum Gasteiger partial charge on any atom is 0.307 e. The number of esters is 1. The summed E-state index contributed by atoms with van der Waals surface area (Å²) < 4.78 is 5.40. The van der Waals surface area contributed by atoms with Crippen molar-refractivity contribution in [3.8, 4) is 5.75 Å². The number of halogens is 2. The minimum absolute atomic E-state index is 0.0117. The summed E-state index contributed by atoms with van der Waals surface area (Å²) in [5, 5.41) is 10.3. The molecule has 17 heavy (non-hydrogen) atoms. The number of carbonyl (C=O) groups excluding carboxylic acids is 1. The highest BCUT2D eigenvalue weighted by Crippen LogP contribution is 2.32. The van der Waals surface area contributed by atoms with Crippen LogP contribution in [0.2, 0.25) is 5.02 Å². The summed E-state index contributed by atoms with van der Waals surface area (Å²) in [6.07, 6.45) is 0.0117. The average molecular weight is 370 g/mol. The fourth-order valence-corrected chi connectivity index (χ4v) is 2.44. The van der Waals surface area contributed by atoms with E-state index in [1.165, 1.54) is 0 Å². The summed E-state index contributed by atoms with van der Waals surface area (Å²) in [4.78, 5) is 11.3. The highest BCUT2D eigenvalue weighted by Gasteiger charge is 2.18. The van der Waals surface area contributed by atoms with Crippen LogP contribution in [0.1, 0.15) is 24.9 Å². The molecule has 0 saturated carbocycles. The second-order valence-electron chi connectivity index (χ2n) is 3.44. The number of phenolic OH excluding ortho intramolecular Hbond substituents is 1. The van der Waals surface area contributed by atoms with Crippen LogP contribution < -0.4 is 5.73 Å². The van der Waals surface area contributed by atoms with Crippen LogP contribution in [0.5, 0.6) is 5.75 Å². The largest absolute Gasteiger partial charge is 0.506 e. The zero-order valence-corrected chi connectivity index (χ0v) is 12.2. The minimum Gasteiger partial charge on any atom is -0.506 e. The Morgan fingerprint density at radius 3 is 2.88 bits per heavy atom. The fraction of sp³-hybridized carbons (Fsp3) is 0.364. The van der Waals surface area contributed by atoms with Crippen molar-refractivity contribution in [2.75, 3.05) is 6.61 Å². The molecule has 0 bridgehead atoms. The first-order chi connectivity index (χ1) is 7.95. The van der Waals surface area contributed by atoms with Crippen LogP contribution in [-0.2, 0) is 9.53 Å². The molecule has 0 amide bonds. The molecule has 0 aliphatic carbocycles. The summed E-state index contributed by atoms with van der Waals surface area (Å²) >= 11 is 7.83. The van der Waals surface area contributed by atoms with Gasteiger partial charge in [-0.05, 0) is 41.6 Å². The zero-order chi connectivity index (χ0) is 13.0. The number of ether oxygens (including phenoxy) is 1.